The molecule has 0 spiro atoms. The molecule has 0 heterocycles. The van der Waals surface area contributed by atoms with E-state index < -0.39 is 24.6 Å². The summed E-state index contributed by atoms with van der Waals surface area (Å²) in [6.07, 6.45) is -4.52. The highest BCUT2D eigenvalue weighted by molar-refractivity contribution is 7.80. The summed E-state index contributed by atoms with van der Waals surface area (Å²) in [7, 11) is 0. The third-order valence-electron chi connectivity index (χ3n) is 1.94. The van der Waals surface area contributed by atoms with Gasteiger partial charge in [0.1, 0.15) is 17.4 Å². The van der Waals surface area contributed by atoms with Gasteiger partial charge in [0, 0.05) is 5.56 Å². The van der Waals surface area contributed by atoms with Crippen molar-refractivity contribution in [2.24, 2.45) is 5.73 Å². The van der Waals surface area contributed by atoms with Crippen molar-refractivity contribution in [2.75, 3.05) is 11.9 Å². The van der Waals surface area contributed by atoms with E-state index in [4.69, 9.17) is 5.73 Å². The number of rotatable bonds is 3. The minimum absolute atomic E-state index is 0.0218. The van der Waals surface area contributed by atoms with Crippen molar-refractivity contribution in [2.45, 2.75) is 6.18 Å². The molecule has 1 rings (SSSR count). The zero-order valence-electron chi connectivity index (χ0n) is 9.34. The topological polar surface area (TPSA) is 67.1 Å². The molecule has 0 aliphatic carbocycles. The number of alkyl halides is 3. The molecular formula is C10H9F4N3OS. The first kappa shape index (κ1) is 15.2. The first-order valence-corrected chi connectivity index (χ1v) is 5.31. The molecule has 19 heavy (non-hydrogen) atoms. The Labute approximate surface area is 111 Å². The van der Waals surface area contributed by atoms with Gasteiger partial charge in [-0.1, -0.05) is 12.2 Å². The molecule has 0 saturated carbocycles. The number of halogens is 4. The molecule has 0 saturated heterocycles. The van der Waals surface area contributed by atoms with Gasteiger partial charge < -0.3 is 16.4 Å². The van der Waals surface area contributed by atoms with Gasteiger partial charge in [-0.3, -0.25) is 0 Å². The normalized spacial score (nSPS) is 10.9. The quantitative estimate of drug-likeness (QED) is 0.591. The van der Waals surface area contributed by atoms with E-state index >= 15 is 0 Å². The van der Waals surface area contributed by atoms with Gasteiger partial charge >= 0.3 is 12.2 Å². The highest BCUT2D eigenvalue weighted by Gasteiger charge is 2.27. The molecule has 0 aromatic heterocycles. The standard InChI is InChI=1S/C10H9F4N3OS/c11-5-1-2-7(6(3-5)8(15)19)17-9(18)16-4-10(12,13)14/h1-3H,4H2,(H2,15,19)(H2,16,17,18). The van der Waals surface area contributed by atoms with E-state index in [1.54, 1.807) is 5.32 Å². The Bertz CT molecular complexity index is 504. The van der Waals surface area contributed by atoms with Crippen molar-refractivity contribution in [1.29, 1.82) is 0 Å². The summed E-state index contributed by atoms with van der Waals surface area (Å²) in [5.74, 6) is -0.635. The summed E-state index contributed by atoms with van der Waals surface area (Å²) < 4.78 is 48.6. The van der Waals surface area contributed by atoms with Gasteiger partial charge in [-0.15, -0.1) is 0 Å². The molecule has 0 radical (unpaired) electrons. The number of amides is 2. The van der Waals surface area contributed by atoms with Crippen molar-refractivity contribution in [3.63, 3.8) is 0 Å². The minimum atomic E-state index is -4.52. The third kappa shape index (κ3) is 5.08. The van der Waals surface area contributed by atoms with E-state index in [-0.39, 0.29) is 16.2 Å². The molecule has 4 N–H and O–H groups in total. The van der Waals surface area contributed by atoms with Crippen LogP contribution in [0.25, 0.3) is 0 Å². The van der Waals surface area contributed by atoms with Crippen LogP contribution in [-0.4, -0.2) is 23.7 Å². The minimum Gasteiger partial charge on any atom is -0.389 e. The molecule has 1 aromatic carbocycles. The maximum absolute atomic E-state index is 13.0. The molecule has 9 heteroatoms. The van der Waals surface area contributed by atoms with Crippen molar-refractivity contribution < 1.29 is 22.4 Å². The van der Waals surface area contributed by atoms with Gasteiger partial charge in [0.2, 0.25) is 0 Å². The number of thiocarbonyl (C=S) groups is 1. The zero-order chi connectivity index (χ0) is 14.6. The van der Waals surface area contributed by atoms with E-state index in [1.165, 1.54) is 0 Å². The number of hydrogen-bond donors (Lipinski definition) is 3. The summed E-state index contributed by atoms with van der Waals surface area (Å²) in [5.41, 5.74) is 5.36. The number of nitrogens with two attached hydrogens (primary N) is 1. The molecule has 0 aliphatic heterocycles. The number of carbonyl (C=O) groups excluding carboxylic acids is 1. The highest BCUT2D eigenvalue weighted by Crippen LogP contribution is 2.17. The first-order chi connectivity index (χ1) is 8.69. The molecular weight excluding hydrogens is 286 g/mol. The fourth-order valence-corrected chi connectivity index (χ4v) is 1.35. The van der Waals surface area contributed by atoms with Crippen LogP contribution in [0.2, 0.25) is 0 Å². The summed E-state index contributed by atoms with van der Waals surface area (Å²) in [4.78, 5) is 11.0. The summed E-state index contributed by atoms with van der Waals surface area (Å²) in [6.45, 7) is -1.48. The molecule has 0 atom stereocenters. The van der Waals surface area contributed by atoms with E-state index in [0.717, 1.165) is 18.2 Å². The number of hydrogen-bond acceptors (Lipinski definition) is 2. The van der Waals surface area contributed by atoms with Crippen LogP contribution in [0.5, 0.6) is 0 Å². The van der Waals surface area contributed by atoms with Gasteiger partial charge in [0.25, 0.3) is 0 Å². The molecule has 1 aromatic rings. The lowest BCUT2D eigenvalue weighted by atomic mass is 10.1. The van der Waals surface area contributed by atoms with E-state index in [2.05, 4.69) is 17.5 Å². The molecule has 104 valence electrons. The van der Waals surface area contributed by atoms with Crippen LogP contribution in [0.3, 0.4) is 0 Å². The maximum Gasteiger partial charge on any atom is 0.405 e. The number of anilines is 1. The van der Waals surface area contributed by atoms with Crippen molar-refractivity contribution in [1.82, 2.24) is 5.32 Å². The smallest absolute Gasteiger partial charge is 0.389 e. The van der Waals surface area contributed by atoms with E-state index in [0.29, 0.717) is 0 Å². The predicted molar refractivity (Wildman–Crippen MR) is 65.4 cm³/mol. The Morgan fingerprint density at radius 3 is 2.53 bits per heavy atom. The van der Waals surface area contributed by atoms with Gasteiger partial charge in [-0.25, -0.2) is 9.18 Å². The summed E-state index contributed by atoms with van der Waals surface area (Å²) in [5, 5.41) is 3.71. The fraction of sp³-hybridized carbons (Fsp3) is 0.200. The SMILES string of the molecule is NC(=S)c1cc(F)ccc1NC(=O)NCC(F)(F)F. The molecule has 0 fully saturated rings. The Balaban J connectivity index is 2.77. The second-order valence-electron chi connectivity index (χ2n) is 3.48. The van der Waals surface area contributed by atoms with Crippen molar-refractivity contribution in [3.8, 4) is 0 Å². The Kier molecular flexibility index (Phi) is 4.65. The van der Waals surface area contributed by atoms with Crippen molar-refractivity contribution in [3.05, 3.63) is 29.6 Å². The van der Waals surface area contributed by atoms with Crippen LogP contribution >= 0.6 is 12.2 Å². The Morgan fingerprint density at radius 2 is 2.00 bits per heavy atom. The average molecular weight is 295 g/mol. The maximum atomic E-state index is 13.0. The van der Waals surface area contributed by atoms with E-state index in [9.17, 15) is 22.4 Å². The van der Waals surface area contributed by atoms with E-state index in [1.807, 2.05) is 0 Å². The average Bonchev–Trinajstić information content (AvgIpc) is 2.28. The zero-order valence-corrected chi connectivity index (χ0v) is 10.2. The predicted octanol–water partition coefficient (Wildman–Crippen LogP) is 2.14. The number of benzene rings is 1. The molecule has 4 nitrogen and oxygen atoms in total. The lowest BCUT2D eigenvalue weighted by molar-refractivity contribution is -0.122. The second kappa shape index (κ2) is 5.83. The first-order valence-electron chi connectivity index (χ1n) is 4.90. The van der Waals surface area contributed by atoms with Gasteiger partial charge in [-0.05, 0) is 18.2 Å². The lowest BCUT2D eigenvalue weighted by Crippen LogP contribution is -2.37. The van der Waals surface area contributed by atoms with Gasteiger partial charge in [0.15, 0.2) is 0 Å². The van der Waals surface area contributed by atoms with Crippen LogP contribution in [0.15, 0.2) is 18.2 Å². The van der Waals surface area contributed by atoms with Crippen LogP contribution < -0.4 is 16.4 Å². The van der Waals surface area contributed by atoms with Gasteiger partial charge in [-0.2, -0.15) is 13.2 Å². The van der Waals surface area contributed by atoms with Crippen LogP contribution in [0.1, 0.15) is 5.56 Å². The van der Waals surface area contributed by atoms with Crippen LogP contribution in [0.4, 0.5) is 28.0 Å². The molecule has 0 aliphatic rings. The number of nitrogens with one attached hydrogen (secondary N) is 2. The summed E-state index contributed by atoms with van der Waals surface area (Å²) in [6, 6.07) is 2.04. The van der Waals surface area contributed by atoms with Crippen molar-refractivity contribution >= 4 is 28.9 Å². The molecule has 2 amide bonds. The monoisotopic (exact) mass is 295 g/mol. The number of carbonyl (C=O) groups is 1. The molecule has 0 bridgehead atoms. The largest absolute Gasteiger partial charge is 0.405 e. The Hall–Kier alpha value is -1.90. The third-order valence-corrected chi connectivity index (χ3v) is 2.16. The fourth-order valence-electron chi connectivity index (χ4n) is 1.18. The van der Waals surface area contributed by atoms with Crippen LogP contribution in [0, 0.1) is 5.82 Å². The summed E-state index contributed by atoms with van der Waals surface area (Å²) >= 11 is 4.65. The van der Waals surface area contributed by atoms with Gasteiger partial charge in [0.05, 0.1) is 5.69 Å². The second-order valence-corrected chi connectivity index (χ2v) is 3.92. The highest BCUT2D eigenvalue weighted by atomic mass is 32.1. The van der Waals surface area contributed by atoms with Crippen LogP contribution in [-0.2, 0) is 0 Å². The number of urea groups is 1. The Morgan fingerprint density at radius 1 is 1.37 bits per heavy atom. The lowest BCUT2D eigenvalue weighted by Gasteiger charge is -2.12. The molecule has 0 unspecified atom stereocenters.